The predicted molar refractivity (Wildman–Crippen MR) is 106 cm³/mol. The number of imidazole rings is 1. The Morgan fingerprint density at radius 3 is 2.50 bits per heavy atom. The standard InChI is InChI=1S/C20H19N5O3/c26-19(23-17-5-6-18-21-9-12-25(18)13-17)22-16-3-1-14(2-4-16)15-7-10-24(11-8-15)20(27)28/h1-7,9,12-13H,8,10-11H2,(H,27,28)(H2,22,23,26). The van der Waals surface area contributed by atoms with Gasteiger partial charge in [0.15, 0.2) is 0 Å². The van der Waals surface area contributed by atoms with Gasteiger partial charge in [-0.1, -0.05) is 18.2 Å². The molecule has 28 heavy (non-hydrogen) atoms. The first-order valence-corrected chi connectivity index (χ1v) is 8.86. The van der Waals surface area contributed by atoms with Gasteiger partial charge in [-0.15, -0.1) is 0 Å². The summed E-state index contributed by atoms with van der Waals surface area (Å²) in [6, 6.07) is 10.8. The van der Waals surface area contributed by atoms with Gasteiger partial charge >= 0.3 is 12.1 Å². The lowest BCUT2D eigenvalue weighted by atomic mass is 9.99. The summed E-state index contributed by atoms with van der Waals surface area (Å²) >= 11 is 0. The molecular weight excluding hydrogens is 358 g/mol. The van der Waals surface area contributed by atoms with Gasteiger partial charge in [-0.3, -0.25) is 0 Å². The summed E-state index contributed by atoms with van der Waals surface area (Å²) in [6.07, 6.45) is 7.01. The maximum atomic E-state index is 12.2. The quantitative estimate of drug-likeness (QED) is 0.647. The van der Waals surface area contributed by atoms with E-state index in [1.807, 2.05) is 47.0 Å². The van der Waals surface area contributed by atoms with Crippen molar-refractivity contribution < 1.29 is 14.7 Å². The average Bonchev–Trinajstić information content (AvgIpc) is 3.16. The fraction of sp³-hybridized carbons (Fsp3) is 0.150. The van der Waals surface area contributed by atoms with Crippen LogP contribution in [0.2, 0.25) is 0 Å². The van der Waals surface area contributed by atoms with Crippen LogP contribution < -0.4 is 10.6 Å². The molecule has 0 saturated carbocycles. The fourth-order valence-electron chi connectivity index (χ4n) is 3.16. The van der Waals surface area contributed by atoms with Crippen LogP contribution in [0.1, 0.15) is 12.0 Å². The Bertz CT molecular complexity index is 1060. The van der Waals surface area contributed by atoms with Crippen LogP contribution in [0.15, 0.2) is 61.1 Å². The minimum atomic E-state index is -0.895. The lowest BCUT2D eigenvalue weighted by Gasteiger charge is -2.23. The van der Waals surface area contributed by atoms with Crippen LogP contribution in [0.25, 0.3) is 11.2 Å². The van der Waals surface area contributed by atoms with Crippen molar-refractivity contribution in [2.24, 2.45) is 0 Å². The lowest BCUT2D eigenvalue weighted by Crippen LogP contribution is -2.33. The summed E-state index contributed by atoms with van der Waals surface area (Å²) in [6.45, 7) is 0.888. The molecule has 1 aliphatic rings. The number of carboxylic acid groups (broad SMARTS) is 1. The first kappa shape index (κ1) is 17.6. The largest absolute Gasteiger partial charge is 0.465 e. The van der Waals surface area contributed by atoms with Crippen molar-refractivity contribution in [3.8, 4) is 0 Å². The molecule has 4 rings (SSSR count). The van der Waals surface area contributed by atoms with Crippen LogP contribution in [0.4, 0.5) is 21.0 Å². The Balaban J connectivity index is 1.37. The van der Waals surface area contributed by atoms with E-state index in [1.54, 1.807) is 18.5 Å². The third-order valence-corrected chi connectivity index (χ3v) is 4.64. The molecule has 0 atom stereocenters. The number of hydrogen-bond acceptors (Lipinski definition) is 3. The van der Waals surface area contributed by atoms with E-state index in [9.17, 15) is 9.59 Å². The van der Waals surface area contributed by atoms with E-state index >= 15 is 0 Å². The van der Waals surface area contributed by atoms with Crippen LogP contribution in [-0.2, 0) is 0 Å². The van der Waals surface area contributed by atoms with Crippen molar-refractivity contribution in [2.75, 3.05) is 23.7 Å². The number of hydrogen-bond donors (Lipinski definition) is 3. The van der Waals surface area contributed by atoms with Gasteiger partial charge in [0, 0.05) is 37.4 Å². The van der Waals surface area contributed by atoms with Crippen molar-refractivity contribution in [1.82, 2.24) is 14.3 Å². The molecule has 0 unspecified atom stereocenters. The Kier molecular flexibility index (Phi) is 4.67. The van der Waals surface area contributed by atoms with Crippen molar-refractivity contribution in [1.29, 1.82) is 0 Å². The second kappa shape index (κ2) is 7.43. The molecule has 1 aliphatic heterocycles. The monoisotopic (exact) mass is 377 g/mol. The lowest BCUT2D eigenvalue weighted by molar-refractivity contribution is 0.150. The van der Waals surface area contributed by atoms with Crippen LogP contribution in [0.3, 0.4) is 0 Å². The molecule has 3 heterocycles. The highest BCUT2D eigenvalue weighted by Crippen LogP contribution is 2.24. The van der Waals surface area contributed by atoms with Crippen molar-refractivity contribution >= 4 is 34.7 Å². The van der Waals surface area contributed by atoms with E-state index < -0.39 is 6.09 Å². The molecule has 0 spiro atoms. The van der Waals surface area contributed by atoms with Crippen LogP contribution >= 0.6 is 0 Å². The number of nitrogens with zero attached hydrogens (tertiary/aromatic N) is 3. The molecule has 3 amide bonds. The second-order valence-electron chi connectivity index (χ2n) is 6.47. The SMILES string of the molecule is O=C(Nc1ccc(C2=CCN(C(=O)O)CC2)cc1)Nc1ccc2nccn2c1. The van der Waals surface area contributed by atoms with Gasteiger partial charge in [-0.2, -0.15) is 0 Å². The summed E-state index contributed by atoms with van der Waals surface area (Å²) in [5.74, 6) is 0. The first-order valence-electron chi connectivity index (χ1n) is 8.86. The maximum absolute atomic E-state index is 12.2. The molecule has 0 saturated heterocycles. The number of rotatable bonds is 3. The number of anilines is 2. The Hall–Kier alpha value is -3.81. The number of aromatic nitrogens is 2. The number of carbonyl (C=O) groups is 2. The van der Waals surface area contributed by atoms with Gasteiger partial charge in [-0.25, -0.2) is 14.6 Å². The summed E-state index contributed by atoms with van der Waals surface area (Å²) < 4.78 is 1.83. The third kappa shape index (κ3) is 3.80. The Morgan fingerprint density at radius 1 is 1.04 bits per heavy atom. The maximum Gasteiger partial charge on any atom is 0.407 e. The Labute approximate surface area is 161 Å². The number of pyridine rings is 1. The topological polar surface area (TPSA) is 99.0 Å². The van der Waals surface area contributed by atoms with E-state index in [4.69, 9.17) is 5.11 Å². The number of amides is 3. The number of carbonyl (C=O) groups excluding carboxylic acids is 1. The minimum absolute atomic E-state index is 0.332. The predicted octanol–water partition coefficient (Wildman–Crippen LogP) is 3.75. The summed E-state index contributed by atoms with van der Waals surface area (Å²) in [5, 5.41) is 14.6. The van der Waals surface area contributed by atoms with Crippen molar-refractivity contribution in [3.05, 3.63) is 66.6 Å². The van der Waals surface area contributed by atoms with Crippen molar-refractivity contribution in [3.63, 3.8) is 0 Å². The van der Waals surface area contributed by atoms with Crippen molar-refractivity contribution in [2.45, 2.75) is 6.42 Å². The van der Waals surface area contributed by atoms with E-state index in [0.29, 0.717) is 30.9 Å². The van der Waals surface area contributed by atoms with Gasteiger partial charge in [0.1, 0.15) is 5.65 Å². The Morgan fingerprint density at radius 2 is 1.79 bits per heavy atom. The molecule has 1 aromatic carbocycles. The van der Waals surface area contributed by atoms with Crippen LogP contribution in [0, 0.1) is 0 Å². The highest BCUT2D eigenvalue weighted by Gasteiger charge is 2.16. The van der Waals surface area contributed by atoms with Gasteiger partial charge in [-0.05, 0) is 41.8 Å². The third-order valence-electron chi connectivity index (χ3n) is 4.64. The molecule has 3 aromatic rings. The fourth-order valence-corrected chi connectivity index (χ4v) is 3.16. The number of nitrogens with one attached hydrogen (secondary N) is 2. The summed E-state index contributed by atoms with van der Waals surface area (Å²) in [7, 11) is 0. The van der Waals surface area contributed by atoms with Crippen LogP contribution in [-0.4, -0.2) is 44.6 Å². The molecule has 0 bridgehead atoms. The molecule has 8 heteroatoms. The second-order valence-corrected chi connectivity index (χ2v) is 6.47. The zero-order valence-electron chi connectivity index (χ0n) is 15.0. The molecule has 0 radical (unpaired) electrons. The molecule has 0 fully saturated rings. The highest BCUT2D eigenvalue weighted by molar-refractivity contribution is 5.99. The first-order chi connectivity index (χ1) is 13.6. The highest BCUT2D eigenvalue weighted by atomic mass is 16.4. The number of urea groups is 1. The van der Waals surface area contributed by atoms with Gasteiger partial charge < -0.3 is 25.0 Å². The average molecular weight is 377 g/mol. The van der Waals surface area contributed by atoms with E-state index in [2.05, 4.69) is 15.6 Å². The molecule has 2 aromatic heterocycles. The van der Waals surface area contributed by atoms with Crippen LogP contribution in [0.5, 0.6) is 0 Å². The van der Waals surface area contributed by atoms with E-state index in [1.165, 1.54) is 4.90 Å². The van der Waals surface area contributed by atoms with Gasteiger partial charge in [0.25, 0.3) is 0 Å². The molecular formula is C20H19N5O3. The molecule has 8 nitrogen and oxygen atoms in total. The number of fused-ring (bicyclic) bond motifs is 1. The minimum Gasteiger partial charge on any atom is -0.465 e. The summed E-state index contributed by atoms with van der Waals surface area (Å²) in [5.41, 5.74) is 4.29. The number of benzene rings is 1. The normalized spacial score (nSPS) is 13.9. The molecule has 142 valence electrons. The van der Waals surface area contributed by atoms with E-state index in [-0.39, 0.29) is 6.03 Å². The zero-order chi connectivity index (χ0) is 19.5. The zero-order valence-corrected chi connectivity index (χ0v) is 15.0. The smallest absolute Gasteiger partial charge is 0.407 e. The molecule has 0 aliphatic carbocycles. The molecule has 3 N–H and O–H groups in total. The van der Waals surface area contributed by atoms with E-state index in [0.717, 1.165) is 16.8 Å². The van der Waals surface area contributed by atoms with Gasteiger partial charge in [0.2, 0.25) is 0 Å². The van der Waals surface area contributed by atoms with Gasteiger partial charge in [0.05, 0.1) is 5.69 Å². The summed E-state index contributed by atoms with van der Waals surface area (Å²) in [4.78, 5) is 28.7.